The Balaban J connectivity index is 2.08. The van der Waals surface area contributed by atoms with Crippen molar-refractivity contribution in [3.63, 3.8) is 0 Å². The zero-order valence-corrected chi connectivity index (χ0v) is 11.4. The number of rotatable bonds is 4. The molecule has 0 unspecified atom stereocenters. The molecule has 2 heterocycles. The number of aromatic amines is 1. The zero-order chi connectivity index (χ0) is 13.9. The first-order chi connectivity index (χ1) is 8.97. The molecule has 2 rings (SSSR count). The minimum atomic E-state index is -0.190. The van der Waals surface area contributed by atoms with Crippen molar-refractivity contribution in [3.8, 4) is 0 Å². The van der Waals surface area contributed by atoms with Gasteiger partial charge in [-0.15, -0.1) is 0 Å². The SMILES string of the molecule is CC(C)(C)[C@H](Cn1ccnc1)NC(=O)c1ncc[nH]1. The number of hydrogen-bond acceptors (Lipinski definition) is 3. The normalized spacial score (nSPS) is 13.2. The van der Waals surface area contributed by atoms with Gasteiger partial charge in [0.1, 0.15) is 0 Å². The van der Waals surface area contributed by atoms with E-state index < -0.39 is 0 Å². The minimum absolute atomic E-state index is 0.0145. The summed E-state index contributed by atoms with van der Waals surface area (Å²) in [6.07, 6.45) is 8.57. The standard InChI is InChI=1S/C13H19N5O/c1-13(2,3)10(8-18-7-6-14-9-18)17-12(19)11-15-4-5-16-11/h4-7,9-10H,8H2,1-3H3,(H,15,16)(H,17,19)/t10-/m0/s1. The number of imidazole rings is 2. The molecule has 2 aromatic heterocycles. The van der Waals surface area contributed by atoms with Gasteiger partial charge in [-0.3, -0.25) is 4.79 Å². The summed E-state index contributed by atoms with van der Waals surface area (Å²) in [5.74, 6) is 0.143. The van der Waals surface area contributed by atoms with Gasteiger partial charge in [0, 0.05) is 31.3 Å². The van der Waals surface area contributed by atoms with Crippen LogP contribution in [0.15, 0.2) is 31.1 Å². The van der Waals surface area contributed by atoms with E-state index in [0.29, 0.717) is 12.4 Å². The van der Waals surface area contributed by atoms with Crippen molar-refractivity contribution in [2.24, 2.45) is 5.41 Å². The quantitative estimate of drug-likeness (QED) is 0.874. The summed E-state index contributed by atoms with van der Waals surface area (Å²) in [7, 11) is 0. The Bertz CT molecular complexity index is 510. The summed E-state index contributed by atoms with van der Waals surface area (Å²) in [5.41, 5.74) is -0.0630. The predicted octanol–water partition coefficient (Wildman–Crippen LogP) is 1.45. The van der Waals surface area contributed by atoms with Gasteiger partial charge in [-0.2, -0.15) is 0 Å². The van der Waals surface area contributed by atoms with Gasteiger partial charge in [-0.05, 0) is 5.41 Å². The summed E-state index contributed by atoms with van der Waals surface area (Å²) in [4.78, 5) is 22.9. The first-order valence-electron chi connectivity index (χ1n) is 6.23. The molecule has 0 spiro atoms. The van der Waals surface area contributed by atoms with Crippen LogP contribution in [0.25, 0.3) is 0 Å². The van der Waals surface area contributed by atoms with Crippen LogP contribution in [0.2, 0.25) is 0 Å². The molecule has 0 aliphatic rings. The molecule has 0 aliphatic heterocycles. The number of H-pyrrole nitrogens is 1. The lowest BCUT2D eigenvalue weighted by Gasteiger charge is -2.31. The van der Waals surface area contributed by atoms with E-state index in [9.17, 15) is 4.79 Å². The van der Waals surface area contributed by atoms with E-state index >= 15 is 0 Å². The number of aromatic nitrogens is 4. The lowest BCUT2D eigenvalue weighted by atomic mass is 9.86. The van der Waals surface area contributed by atoms with Gasteiger partial charge in [0.15, 0.2) is 5.82 Å². The summed E-state index contributed by atoms with van der Waals surface area (Å²) >= 11 is 0. The fourth-order valence-corrected chi connectivity index (χ4v) is 1.76. The van der Waals surface area contributed by atoms with Gasteiger partial charge in [-0.1, -0.05) is 20.8 Å². The molecule has 0 aromatic carbocycles. The Morgan fingerprint density at radius 2 is 2.26 bits per heavy atom. The van der Waals surface area contributed by atoms with Crippen molar-refractivity contribution < 1.29 is 4.79 Å². The summed E-state index contributed by atoms with van der Waals surface area (Å²) < 4.78 is 1.96. The Morgan fingerprint density at radius 1 is 1.47 bits per heavy atom. The Morgan fingerprint density at radius 3 is 2.79 bits per heavy atom. The summed E-state index contributed by atoms with van der Waals surface area (Å²) in [6, 6.07) is -0.0145. The van der Waals surface area contributed by atoms with Gasteiger partial charge in [0.05, 0.1) is 12.4 Å². The third-order valence-corrected chi connectivity index (χ3v) is 3.02. The highest BCUT2D eigenvalue weighted by atomic mass is 16.2. The maximum atomic E-state index is 12.1. The van der Waals surface area contributed by atoms with Crippen molar-refractivity contribution in [1.29, 1.82) is 0 Å². The zero-order valence-electron chi connectivity index (χ0n) is 11.4. The topological polar surface area (TPSA) is 75.6 Å². The molecule has 2 N–H and O–H groups in total. The Labute approximate surface area is 112 Å². The number of nitrogens with one attached hydrogen (secondary N) is 2. The average molecular weight is 261 g/mol. The first-order valence-corrected chi connectivity index (χ1v) is 6.23. The van der Waals surface area contributed by atoms with E-state index in [1.165, 1.54) is 0 Å². The molecule has 6 nitrogen and oxygen atoms in total. The third kappa shape index (κ3) is 3.43. The van der Waals surface area contributed by atoms with E-state index in [4.69, 9.17) is 0 Å². The molecule has 0 aliphatic carbocycles. The Kier molecular flexibility index (Phi) is 3.69. The van der Waals surface area contributed by atoms with Gasteiger partial charge >= 0.3 is 0 Å². The molecule has 19 heavy (non-hydrogen) atoms. The fraction of sp³-hybridized carbons (Fsp3) is 0.462. The van der Waals surface area contributed by atoms with E-state index in [1.54, 1.807) is 24.9 Å². The van der Waals surface area contributed by atoms with Crippen LogP contribution >= 0.6 is 0 Å². The highest BCUT2D eigenvalue weighted by Crippen LogP contribution is 2.21. The average Bonchev–Trinajstić information content (AvgIpc) is 2.99. The van der Waals surface area contributed by atoms with Crippen LogP contribution < -0.4 is 5.32 Å². The third-order valence-electron chi connectivity index (χ3n) is 3.02. The van der Waals surface area contributed by atoms with Gasteiger partial charge in [-0.25, -0.2) is 9.97 Å². The molecule has 6 heteroatoms. The molecule has 0 radical (unpaired) electrons. The predicted molar refractivity (Wildman–Crippen MR) is 71.5 cm³/mol. The molecular weight excluding hydrogens is 242 g/mol. The van der Waals surface area contributed by atoms with Crippen molar-refractivity contribution >= 4 is 5.91 Å². The maximum absolute atomic E-state index is 12.1. The van der Waals surface area contributed by atoms with Crippen molar-refractivity contribution in [3.05, 3.63) is 36.9 Å². The second-order valence-electron chi connectivity index (χ2n) is 5.59. The molecule has 1 atom stereocenters. The van der Waals surface area contributed by atoms with E-state index in [1.807, 2.05) is 10.8 Å². The molecule has 102 valence electrons. The maximum Gasteiger partial charge on any atom is 0.287 e. The van der Waals surface area contributed by atoms with Crippen LogP contribution in [0.5, 0.6) is 0 Å². The number of carbonyl (C=O) groups is 1. The second kappa shape index (κ2) is 5.26. The number of hydrogen-bond donors (Lipinski definition) is 2. The lowest BCUT2D eigenvalue weighted by molar-refractivity contribution is 0.0883. The van der Waals surface area contributed by atoms with Crippen LogP contribution in [0, 0.1) is 5.41 Å². The van der Waals surface area contributed by atoms with Gasteiger partial charge in [0.25, 0.3) is 5.91 Å². The van der Waals surface area contributed by atoms with E-state index in [2.05, 4.69) is 41.0 Å². The Hall–Kier alpha value is -2.11. The molecule has 1 amide bonds. The largest absolute Gasteiger partial charge is 0.344 e. The summed E-state index contributed by atoms with van der Waals surface area (Å²) in [6.45, 7) is 6.96. The van der Waals surface area contributed by atoms with Crippen molar-refractivity contribution in [1.82, 2.24) is 24.8 Å². The lowest BCUT2D eigenvalue weighted by Crippen LogP contribution is -2.46. The number of nitrogens with zero attached hydrogens (tertiary/aromatic N) is 3. The summed E-state index contributed by atoms with van der Waals surface area (Å²) in [5, 5.41) is 3.02. The van der Waals surface area contributed by atoms with Gasteiger partial charge < -0.3 is 14.9 Å². The first kappa shape index (κ1) is 13.3. The molecule has 0 bridgehead atoms. The van der Waals surface area contributed by atoms with E-state index in [-0.39, 0.29) is 17.4 Å². The molecular formula is C13H19N5O. The smallest absolute Gasteiger partial charge is 0.287 e. The van der Waals surface area contributed by atoms with Crippen LogP contribution in [-0.4, -0.2) is 31.5 Å². The van der Waals surface area contributed by atoms with E-state index in [0.717, 1.165) is 0 Å². The molecule has 0 saturated carbocycles. The van der Waals surface area contributed by atoms with Crippen LogP contribution in [0.1, 0.15) is 31.4 Å². The highest BCUT2D eigenvalue weighted by molar-refractivity contribution is 5.90. The van der Waals surface area contributed by atoms with Crippen molar-refractivity contribution in [2.45, 2.75) is 33.4 Å². The van der Waals surface area contributed by atoms with Crippen LogP contribution in [0.4, 0.5) is 0 Å². The fourth-order valence-electron chi connectivity index (χ4n) is 1.76. The monoisotopic (exact) mass is 261 g/mol. The number of amides is 1. The van der Waals surface area contributed by atoms with Gasteiger partial charge in [0.2, 0.25) is 0 Å². The second-order valence-corrected chi connectivity index (χ2v) is 5.59. The molecule has 0 saturated heterocycles. The molecule has 0 fully saturated rings. The van der Waals surface area contributed by atoms with Crippen LogP contribution in [-0.2, 0) is 6.54 Å². The van der Waals surface area contributed by atoms with Crippen LogP contribution in [0.3, 0.4) is 0 Å². The number of carbonyl (C=O) groups excluding carboxylic acids is 1. The van der Waals surface area contributed by atoms with Crippen molar-refractivity contribution in [2.75, 3.05) is 0 Å². The highest BCUT2D eigenvalue weighted by Gasteiger charge is 2.27. The molecule has 2 aromatic rings. The minimum Gasteiger partial charge on any atom is -0.344 e.